The van der Waals surface area contributed by atoms with E-state index >= 15 is 0 Å². The topological polar surface area (TPSA) is 101 Å². The Morgan fingerprint density at radius 1 is 0.842 bits per heavy atom. The maximum Gasteiger partial charge on any atom is 0.306 e. The standard InChI is InChI=1S/C8H14O4.C5H10O2/c1-2-3-6-12-8(11)5-4-7(9)10;1-2-3-4-5(6)7/h2-6H2,1H3,(H,9,10);2-4H2,1H3,(H,6,7). The average molecular weight is 276 g/mol. The Labute approximate surface area is 113 Å². The fraction of sp³-hybridized carbons (Fsp3) is 0.769. The van der Waals surface area contributed by atoms with Gasteiger partial charge in [-0.05, 0) is 12.8 Å². The number of unbranched alkanes of at least 4 members (excludes halogenated alkanes) is 2. The molecule has 0 aromatic heterocycles. The molecule has 0 aliphatic carbocycles. The summed E-state index contributed by atoms with van der Waals surface area (Å²) in [6.07, 6.45) is 3.70. The van der Waals surface area contributed by atoms with Crippen LogP contribution in [0.3, 0.4) is 0 Å². The lowest BCUT2D eigenvalue weighted by atomic mass is 10.3. The highest BCUT2D eigenvalue weighted by molar-refractivity contribution is 5.76. The molecule has 0 aliphatic heterocycles. The van der Waals surface area contributed by atoms with Crippen LogP contribution in [0.4, 0.5) is 0 Å². The van der Waals surface area contributed by atoms with E-state index in [9.17, 15) is 14.4 Å². The van der Waals surface area contributed by atoms with Gasteiger partial charge >= 0.3 is 17.9 Å². The van der Waals surface area contributed by atoms with E-state index in [1.54, 1.807) is 0 Å². The van der Waals surface area contributed by atoms with Crippen LogP contribution in [0.2, 0.25) is 0 Å². The van der Waals surface area contributed by atoms with Gasteiger partial charge in [0.1, 0.15) is 0 Å². The van der Waals surface area contributed by atoms with Gasteiger partial charge in [-0.2, -0.15) is 0 Å². The number of esters is 1. The fourth-order valence-corrected chi connectivity index (χ4v) is 0.940. The first-order valence-corrected chi connectivity index (χ1v) is 6.53. The minimum atomic E-state index is -0.970. The molecular weight excluding hydrogens is 252 g/mol. The summed E-state index contributed by atoms with van der Waals surface area (Å²) >= 11 is 0. The minimum absolute atomic E-state index is 0.0287. The van der Waals surface area contributed by atoms with Crippen LogP contribution in [0.1, 0.15) is 58.8 Å². The highest BCUT2D eigenvalue weighted by Crippen LogP contribution is 1.95. The summed E-state index contributed by atoms with van der Waals surface area (Å²) in [6, 6.07) is 0. The van der Waals surface area contributed by atoms with Crippen molar-refractivity contribution in [3.8, 4) is 0 Å². The number of carboxylic acid groups (broad SMARTS) is 2. The zero-order chi connectivity index (χ0) is 15.1. The second kappa shape index (κ2) is 14.5. The molecule has 0 bridgehead atoms. The molecule has 19 heavy (non-hydrogen) atoms. The molecule has 0 saturated heterocycles. The normalized spacial score (nSPS) is 9.16. The maximum atomic E-state index is 10.7. The van der Waals surface area contributed by atoms with E-state index in [1.807, 2.05) is 13.8 Å². The first-order chi connectivity index (χ1) is 8.93. The van der Waals surface area contributed by atoms with Crippen molar-refractivity contribution in [2.24, 2.45) is 0 Å². The number of ether oxygens (including phenoxy) is 1. The van der Waals surface area contributed by atoms with Gasteiger partial charge in [-0.15, -0.1) is 0 Å². The summed E-state index contributed by atoms with van der Waals surface area (Å²) in [4.78, 5) is 30.5. The van der Waals surface area contributed by atoms with Gasteiger partial charge in [-0.1, -0.05) is 26.7 Å². The predicted octanol–water partition coefficient (Wildman–Crippen LogP) is 2.46. The number of rotatable bonds is 9. The molecule has 0 atom stereocenters. The first-order valence-electron chi connectivity index (χ1n) is 6.53. The summed E-state index contributed by atoms with van der Waals surface area (Å²) in [6.45, 7) is 4.36. The Morgan fingerprint density at radius 3 is 1.74 bits per heavy atom. The quantitative estimate of drug-likeness (QED) is 0.495. The van der Waals surface area contributed by atoms with Gasteiger partial charge in [0.15, 0.2) is 0 Å². The van der Waals surface area contributed by atoms with Crippen LogP contribution in [0.15, 0.2) is 0 Å². The second-order valence-electron chi connectivity index (χ2n) is 3.97. The molecule has 0 heterocycles. The van der Waals surface area contributed by atoms with Crippen molar-refractivity contribution in [2.45, 2.75) is 58.8 Å². The van der Waals surface area contributed by atoms with E-state index in [2.05, 4.69) is 0 Å². The van der Waals surface area contributed by atoms with Crippen LogP contribution in [0.25, 0.3) is 0 Å². The van der Waals surface area contributed by atoms with Crippen molar-refractivity contribution in [1.82, 2.24) is 0 Å². The predicted molar refractivity (Wildman–Crippen MR) is 69.9 cm³/mol. The lowest BCUT2D eigenvalue weighted by molar-refractivity contribution is -0.147. The van der Waals surface area contributed by atoms with Gasteiger partial charge in [0.25, 0.3) is 0 Å². The number of carboxylic acids is 2. The molecule has 0 aliphatic rings. The van der Waals surface area contributed by atoms with E-state index in [4.69, 9.17) is 14.9 Å². The Bertz CT molecular complexity index is 262. The molecule has 112 valence electrons. The molecular formula is C13H24O6. The molecule has 0 spiro atoms. The number of carbonyl (C=O) groups excluding carboxylic acids is 1. The van der Waals surface area contributed by atoms with Gasteiger partial charge in [0, 0.05) is 6.42 Å². The highest BCUT2D eigenvalue weighted by Gasteiger charge is 2.05. The largest absolute Gasteiger partial charge is 0.481 e. The maximum absolute atomic E-state index is 10.7. The molecule has 0 radical (unpaired) electrons. The fourth-order valence-electron chi connectivity index (χ4n) is 0.940. The Morgan fingerprint density at radius 2 is 1.37 bits per heavy atom. The molecule has 0 amide bonds. The lowest BCUT2D eigenvalue weighted by Gasteiger charge is -2.01. The summed E-state index contributed by atoms with van der Waals surface area (Å²) in [5.74, 6) is -2.09. The van der Waals surface area contributed by atoms with Crippen molar-refractivity contribution >= 4 is 17.9 Å². The molecule has 6 heteroatoms. The summed E-state index contributed by atoms with van der Waals surface area (Å²) in [5, 5.41) is 16.3. The van der Waals surface area contributed by atoms with Crippen molar-refractivity contribution in [1.29, 1.82) is 0 Å². The molecule has 0 aromatic rings. The summed E-state index contributed by atoms with van der Waals surface area (Å²) in [5.41, 5.74) is 0. The Hall–Kier alpha value is -1.59. The Balaban J connectivity index is 0. The molecule has 0 unspecified atom stereocenters. The van der Waals surface area contributed by atoms with Crippen LogP contribution in [0.5, 0.6) is 0 Å². The van der Waals surface area contributed by atoms with Crippen LogP contribution in [-0.4, -0.2) is 34.7 Å². The molecule has 0 aromatic carbocycles. The molecule has 0 rings (SSSR count). The zero-order valence-electron chi connectivity index (χ0n) is 11.7. The van der Waals surface area contributed by atoms with E-state index in [-0.39, 0.29) is 12.8 Å². The van der Waals surface area contributed by atoms with E-state index in [0.717, 1.165) is 25.7 Å². The van der Waals surface area contributed by atoms with Crippen molar-refractivity contribution < 1.29 is 29.3 Å². The molecule has 0 fully saturated rings. The average Bonchev–Trinajstić information content (AvgIpc) is 2.35. The van der Waals surface area contributed by atoms with E-state index in [1.165, 1.54) is 0 Å². The van der Waals surface area contributed by atoms with Gasteiger partial charge in [-0.3, -0.25) is 14.4 Å². The third-order valence-corrected chi connectivity index (χ3v) is 2.05. The van der Waals surface area contributed by atoms with E-state index < -0.39 is 17.9 Å². The summed E-state index contributed by atoms with van der Waals surface area (Å²) in [7, 11) is 0. The van der Waals surface area contributed by atoms with Crippen LogP contribution in [-0.2, 0) is 19.1 Å². The zero-order valence-corrected chi connectivity index (χ0v) is 11.7. The molecule has 2 N–H and O–H groups in total. The van der Waals surface area contributed by atoms with Crippen LogP contribution < -0.4 is 0 Å². The number of aliphatic carboxylic acids is 2. The van der Waals surface area contributed by atoms with Crippen molar-refractivity contribution in [3.05, 3.63) is 0 Å². The number of hydrogen-bond acceptors (Lipinski definition) is 4. The van der Waals surface area contributed by atoms with Gasteiger partial charge in [0.05, 0.1) is 19.4 Å². The van der Waals surface area contributed by atoms with Gasteiger partial charge < -0.3 is 14.9 Å². The van der Waals surface area contributed by atoms with Crippen LogP contribution in [0, 0.1) is 0 Å². The van der Waals surface area contributed by atoms with Crippen molar-refractivity contribution in [2.75, 3.05) is 6.61 Å². The number of carbonyl (C=O) groups is 3. The molecule has 6 nitrogen and oxygen atoms in total. The molecule has 0 saturated carbocycles. The van der Waals surface area contributed by atoms with Crippen LogP contribution >= 0.6 is 0 Å². The van der Waals surface area contributed by atoms with E-state index in [0.29, 0.717) is 13.0 Å². The Kier molecular flexibility index (Phi) is 15.0. The smallest absolute Gasteiger partial charge is 0.306 e. The highest BCUT2D eigenvalue weighted by atomic mass is 16.5. The third kappa shape index (κ3) is 22.1. The summed E-state index contributed by atoms with van der Waals surface area (Å²) < 4.78 is 4.73. The lowest BCUT2D eigenvalue weighted by Crippen LogP contribution is -2.08. The van der Waals surface area contributed by atoms with Gasteiger partial charge in [0.2, 0.25) is 0 Å². The third-order valence-electron chi connectivity index (χ3n) is 2.05. The SMILES string of the molecule is CCCCC(=O)O.CCCCOC(=O)CCC(=O)O. The first kappa shape index (κ1) is 19.7. The minimum Gasteiger partial charge on any atom is -0.481 e. The van der Waals surface area contributed by atoms with Crippen molar-refractivity contribution in [3.63, 3.8) is 0 Å². The number of hydrogen-bond donors (Lipinski definition) is 2. The van der Waals surface area contributed by atoms with Gasteiger partial charge in [-0.25, -0.2) is 0 Å². The monoisotopic (exact) mass is 276 g/mol. The second-order valence-corrected chi connectivity index (χ2v) is 3.97.